The van der Waals surface area contributed by atoms with Gasteiger partial charge in [0.15, 0.2) is 0 Å². The van der Waals surface area contributed by atoms with Crippen molar-refractivity contribution in [2.45, 2.75) is 38.5 Å². The van der Waals surface area contributed by atoms with E-state index in [1.807, 2.05) is 25.1 Å². The van der Waals surface area contributed by atoms with Gasteiger partial charge in [-0.25, -0.2) is 8.78 Å². The monoisotopic (exact) mass is 321 g/mol. The van der Waals surface area contributed by atoms with Gasteiger partial charge in [0.25, 0.3) is 0 Å². The second-order valence-corrected chi connectivity index (χ2v) is 6.13. The zero-order valence-electron chi connectivity index (χ0n) is 13.3. The molecule has 0 unspecified atom stereocenters. The van der Waals surface area contributed by atoms with Crippen molar-refractivity contribution in [1.82, 2.24) is 14.7 Å². The van der Waals surface area contributed by atoms with Gasteiger partial charge in [0.1, 0.15) is 11.6 Å². The second kappa shape index (κ2) is 6.37. The molecule has 3 rings (SSSR count). The predicted octanol–water partition coefficient (Wildman–Crippen LogP) is 2.57. The molecule has 23 heavy (non-hydrogen) atoms. The van der Waals surface area contributed by atoms with Crippen molar-refractivity contribution in [2.24, 2.45) is 7.05 Å². The van der Waals surface area contributed by atoms with Crippen LogP contribution in [0.15, 0.2) is 24.4 Å². The third kappa shape index (κ3) is 3.28. The topological polar surface area (TPSA) is 41.3 Å². The molecule has 4 nitrogen and oxygen atoms in total. The molecule has 2 aromatic rings. The van der Waals surface area contributed by atoms with Crippen LogP contribution in [0.4, 0.5) is 8.78 Å². The maximum atomic E-state index is 14.1. The summed E-state index contributed by atoms with van der Waals surface area (Å²) in [5, 5.41) is 14.4. The highest BCUT2D eigenvalue weighted by Crippen LogP contribution is 2.35. The number of likely N-dealkylation sites (tertiary alicyclic amines) is 1. The zero-order chi connectivity index (χ0) is 16.6. The molecule has 1 N–H and O–H groups in total. The van der Waals surface area contributed by atoms with Gasteiger partial charge in [0, 0.05) is 43.5 Å². The SMILES string of the molecule is CCc1nn(C)cc1CN1C[C@@H](O)C[C@@H]1c1cc(F)ccc1F. The zero-order valence-corrected chi connectivity index (χ0v) is 13.3. The van der Waals surface area contributed by atoms with Crippen LogP contribution >= 0.6 is 0 Å². The van der Waals surface area contributed by atoms with E-state index >= 15 is 0 Å². The minimum atomic E-state index is -0.538. The summed E-state index contributed by atoms with van der Waals surface area (Å²) in [5.41, 5.74) is 2.36. The van der Waals surface area contributed by atoms with Crippen LogP contribution in [0.2, 0.25) is 0 Å². The van der Waals surface area contributed by atoms with Gasteiger partial charge in [-0.2, -0.15) is 5.10 Å². The summed E-state index contributed by atoms with van der Waals surface area (Å²) in [6.07, 6.45) is 2.63. The fourth-order valence-corrected chi connectivity index (χ4v) is 3.38. The van der Waals surface area contributed by atoms with E-state index in [0.717, 1.165) is 29.8 Å². The molecular formula is C17H21F2N3O. The number of hydrogen-bond acceptors (Lipinski definition) is 3. The molecule has 1 aromatic heterocycles. The van der Waals surface area contributed by atoms with Crippen molar-refractivity contribution >= 4 is 0 Å². The molecule has 124 valence electrons. The maximum Gasteiger partial charge on any atom is 0.128 e. The first-order valence-corrected chi connectivity index (χ1v) is 7.86. The molecular weight excluding hydrogens is 300 g/mol. The van der Waals surface area contributed by atoms with Gasteiger partial charge in [0.2, 0.25) is 0 Å². The summed E-state index contributed by atoms with van der Waals surface area (Å²) in [6.45, 7) is 3.04. The van der Waals surface area contributed by atoms with Crippen LogP contribution < -0.4 is 0 Å². The van der Waals surface area contributed by atoms with E-state index in [1.54, 1.807) is 4.68 Å². The second-order valence-electron chi connectivity index (χ2n) is 6.13. The summed E-state index contributed by atoms with van der Waals surface area (Å²) in [7, 11) is 1.87. The molecule has 0 bridgehead atoms. The largest absolute Gasteiger partial charge is 0.392 e. The summed E-state index contributed by atoms with van der Waals surface area (Å²) < 4.78 is 29.4. The summed E-state index contributed by atoms with van der Waals surface area (Å²) >= 11 is 0. The van der Waals surface area contributed by atoms with Gasteiger partial charge in [-0.1, -0.05) is 6.92 Å². The molecule has 0 amide bonds. The van der Waals surface area contributed by atoms with Gasteiger partial charge >= 0.3 is 0 Å². The van der Waals surface area contributed by atoms with Crippen molar-refractivity contribution < 1.29 is 13.9 Å². The Bertz CT molecular complexity index is 701. The van der Waals surface area contributed by atoms with Crippen molar-refractivity contribution in [3.63, 3.8) is 0 Å². The van der Waals surface area contributed by atoms with Gasteiger partial charge in [-0.3, -0.25) is 9.58 Å². The molecule has 0 aliphatic carbocycles. The van der Waals surface area contributed by atoms with E-state index in [-0.39, 0.29) is 6.04 Å². The van der Waals surface area contributed by atoms with Crippen LogP contribution in [-0.2, 0) is 20.0 Å². The van der Waals surface area contributed by atoms with Crippen LogP contribution in [0, 0.1) is 11.6 Å². The van der Waals surface area contributed by atoms with Gasteiger partial charge < -0.3 is 5.11 Å². The maximum absolute atomic E-state index is 14.1. The van der Waals surface area contributed by atoms with E-state index in [1.165, 1.54) is 6.07 Å². The quantitative estimate of drug-likeness (QED) is 0.941. The Morgan fingerprint density at radius 3 is 2.87 bits per heavy atom. The smallest absolute Gasteiger partial charge is 0.128 e. The third-order valence-electron chi connectivity index (χ3n) is 4.40. The Labute approximate surface area is 134 Å². The Kier molecular flexibility index (Phi) is 4.46. The Balaban J connectivity index is 1.89. The van der Waals surface area contributed by atoms with Gasteiger partial charge in [-0.15, -0.1) is 0 Å². The Morgan fingerprint density at radius 2 is 2.13 bits per heavy atom. The number of aryl methyl sites for hydroxylation is 2. The Hall–Kier alpha value is -1.79. The molecule has 0 radical (unpaired) electrons. The first-order chi connectivity index (χ1) is 11.0. The molecule has 0 spiro atoms. The van der Waals surface area contributed by atoms with E-state index in [0.29, 0.717) is 25.1 Å². The molecule has 1 aliphatic rings. The van der Waals surface area contributed by atoms with E-state index in [2.05, 4.69) is 5.10 Å². The molecule has 1 aliphatic heterocycles. The fourth-order valence-electron chi connectivity index (χ4n) is 3.38. The molecule has 0 saturated carbocycles. The standard InChI is InChI=1S/C17H21F2N3O/c1-3-16-11(8-21(2)20-16)9-22-10-13(23)7-17(22)14-6-12(18)4-5-15(14)19/h4-6,8,13,17,23H,3,7,9-10H2,1-2H3/t13-,17+/m0/s1. The van der Waals surface area contributed by atoms with Gasteiger partial charge in [0.05, 0.1) is 11.8 Å². The molecule has 1 aromatic carbocycles. The number of aliphatic hydroxyl groups is 1. The highest BCUT2D eigenvalue weighted by molar-refractivity contribution is 5.25. The number of benzene rings is 1. The highest BCUT2D eigenvalue weighted by atomic mass is 19.1. The lowest BCUT2D eigenvalue weighted by molar-refractivity contribution is 0.172. The number of aliphatic hydroxyl groups excluding tert-OH is 1. The fraction of sp³-hybridized carbons (Fsp3) is 0.471. The average molecular weight is 321 g/mol. The molecule has 2 heterocycles. The van der Waals surface area contributed by atoms with E-state index in [4.69, 9.17) is 0 Å². The lowest BCUT2D eigenvalue weighted by Crippen LogP contribution is -2.25. The number of β-amino-alcohol motifs (C(OH)–C–C–N with tert-alkyl or cyclic N) is 1. The number of halogens is 2. The van der Waals surface area contributed by atoms with Crippen LogP contribution in [0.1, 0.15) is 36.2 Å². The number of hydrogen-bond donors (Lipinski definition) is 1. The summed E-state index contributed by atoms with van der Waals surface area (Å²) in [6, 6.07) is 3.17. The van der Waals surface area contributed by atoms with Crippen LogP contribution in [0.5, 0.6) is 0 Å². The highest BCUT2D eigenvalue weighted by Gasteiger charge is 2.34. The first-order valence-electron chi connectivity index (χ1n) is 7.86. The summed E-state index contributed by atoms with van der Waals surface area (Å²) in [4.78, 5) is 2.00. The summed E-state index contributed by atoms with van der Waals surface area (Å²) in [5.74, 6) is -0.893. The van der Waals surface area contributed by atoms with Crippen LogP contribution in [0.3, 0.4) is 0 Å². The normalized spacial score (nSPS) is 22.0. The molecule has 1 fully saturated rings. The van der Waals surface area contributed by atoms with Crippen molar-refractivity contribution in [1.29, 1.82) is 0 Å². The Morgan fingerprint density at radius 1 is 1.35 bits per heavy atom. The van der Waals surface area contributed by atoms with Crippen molar-refractivity contribution in [2.75, 3.05) is 6.54 Å². The molecule has 2 atom stereocenters. The lowest BCUT2D eigenvalue weighted by Gasteiger charge is -2.24. The average Bonchev–Trinajstić information content (AvgIpc) is 3.04. The molecule has 6 heteroatoms. The first kappa shape index (κ1) is 16.1. The van der Waals surface area contributed by atoms with Crippen LogP contribution in [-0.4, -0.2) is 32.4 Å². The van der Waals surface area contributed by atoms with Crippen LogP contribution in [0.25, 0.3) is 0 Å². The minimum Gasteiger partial charge on any atom is -0.392 e. The number of rotatable bonds is 4. The third-order valence-corrected chi connectivity index (χ3v) is 4.40. The van der Waals surface area contributed by atoms with Crippen molar-refractivity contribution in [3.8, 4) is 0 Å². The predicted molar refractivity (Wildman–Crippen MR) is 82.7 cm³/mol. The van der Waals surface area contributed by atoms with E-state index < -0.39 is 17.7 Å². The van der Waals surface area contributed by atoms with E-state index in [9.17, 15) is 13.9 Å². The minimum absolute atomic E-state index is 0.309. The lowest BCUT2D eigenvalue weighted by atomic mass is 10.0. The molecule has 1 saturated heterocycles. The van der Waals surface area contributed by atoms with Crippen molar-refractivity contribution in [3.05, 3.63) is 52.9 Å². The van der Waals surface area contributed by atoms with Gasteiger partial charge in [-0.05, 0) is 31.0 Å². The number of aromatic nitrogens is 2. The number of nitrogens with zero attached hydrogens (tertiary/aromatic N) is 3.